The van der Waals surface area contributed by atoms with Crippen LogP contribution in [0.5, 0.6) is 0 Å². The van der Waals surface area contributed by atoms with Crippen LogP contribution in [0, 0.1) is 5.41 Å². The molecule has 0 aromatic carbocycles. The molecule has 1 N–H and O–H groups in total. The molecule has 0 aliphatic rings. The molecule has 4 nitrogen and oxygen atoms in total. The number of esters is 1. The lowest BCUT2D eigenvalue weighted by Crippen LogP contribution is -2.43. The fraction of sp³-hybridized carbons (Fsp3) is 0.688. The Labute approximate surface area is 121 Å². The summed E-state index contributed by atoms with van der Waals surface area (Å²) in [7, 11) is 1.35. The van der Waals surface area contributed by atoms with Crippen molar-refractivity contribution in [3.05, 3.63) is 23.7 Å². The van der Waals surface area contributed by atoms with E-state index in [9.17, 15) is 4.79 Å². The fourth-order valence-electron chi connectivity index (χ4n) is 2.83. The Bertz CT molecular complexity index is 455. The fourth-order valence-corrected chi connectivity index (χ4v) is 2.83. The average molecular weight is 281 g/mol. The molecule has 0 fully saturated rings. The van der Waals surface area contributed by atoms with Crippen molar-refractivity contribution in [2.24, 2.45) is 5.41 Å². The van der Waals surface area contributed by atoms with Crippen LogP contribution in [0.3, 0.4) is 0 Å². The summed E-state index contributed by atoms with van der Waals surface area (Å²) < 4.78 is 10.2. The van der Waals surface area contributed by atoms with E-state index in [1.165, 1.54) is 7.11 Å². The van der Waals surface area contributed by atoms with E-state index < -0.39 is 5.97 Å². The molecular weight excluding hydrogens is 254 g/mol. The maximum atomic E-state index is 11.4. The van der Waals surface area contributed by atoms with Crippen LogP contribution >= 0.6 is 0 Å². The summed E-state index contributed by atoms with van der Waals surface area (Å²) in [6.45, 7) is 13.1. The smallest absolute Gasteiger partial charge is 0.373 e. The zero-order chi connectivity index (χ0) is 15.6. The first-order valence-electron chi connectivity index (χ1n) is 7.00. The lowest BCUT2D eigenvalue weighted by molar-refractivity contribution is 0.0562. The van der Waals surface area contributed by atoms with Gasteiger partial charge in [0.2, 0.25) is 5.76 Å². The number of hydrogen-bond acceptors (Lipinski definition) is 4. The van der Waals surface area contributed by atoms with Crippen molar-refractivity contribution in [1.82, 2.24) is 5.32 Å². The SMILES string of the molecule is COC(=O)c1ccc(C(C)NC(C)(C)CC(C)(C)C)o1. The van der Waals surface area contributed by atoms with Gasteiger partial charge in [-0.2, -0.15) is 0 Å². The third-order valence-electron chi connectivity index (χ3n) is 3.02. The summed E-state index contributed by atoms with van der Waals surface area (Å²) in [6, 6.07) is 3.50. The number of rotatable bonds is 5. The van der Waals surface area contributed by atoms with Crippen LogP contribution in [-0.4, -0.2) is 18.6 Å². The molecule has 1 unspecified atom stereocenters. The molecule has 0 spiro atoms. The van der Waals surface area contributed by atoms with E-state index in [-0.39, 0.29) is 22.8 Å². The Hall–Kier alpha value is -1.29. The number of hydrogen-bond donors (Lipinski definition) is 1. The van der Waals surface area contributed by atoms with Crippen LogP contribution in [-0.2, 0) is 4.74 Å². The van der Waals surface area contributed by atoms with Crippen LogP contribution in [0.1, 0.15) is 70.3 Å². The number of carbonyl (C=O) groups is 1. The molecule has 0 aliphatic carbocycles. The highest BCUT2D eigenvalue weighted by Crippen LogP contribution is 2.29. The highest BCUT2D eigenvalue weighted by molar-refractivity contribution is 5.86. The van der Waals surface area contributed by atoms with Gasteiger partial charge in [-0.3, -0.25) is 0 Å². The molecule has 1 rings (SSSR count). The third-order valence-corrected chi connectivity index (χ3v) is 3.02. The van der Waals surface area contributed by atoms with E-state index in [1.54, 1.807) is 6.07 Å². The van der Waals surface area contributed by atoms with E-state index >= 15 is 0 Å². The Balaban J connectivity index is 2.73. The van der Waals surface area contributed by atoms with Gasteiger partial charge in [-0.05, 0) is 44.7 Å². The van der Waals surface area contributed by atoms with E-state index in [4.69, 9.17) is 4.42 Å². The van der Waals surface area contributed by atoms with Crippen molar-refractivity contribution in [3.63, 3.8) is 0 Å². The first kappa shape index (κ1) is 16.8. The molecule has 0 amide bonds. The quantitative estimate of drug-likeness (QED) is 0.831. The van der Waals surface area contributed by atoms with Crippen molar-refractivity contribution in [2.45, 2.75) is 59.5 Å². The van der Waals surface area contributed by atoms with Gasteiger partial charge >= 0.3 is 5.97 Å². The summed E-state index contributed by atoms with van der Waals surface area (Å²) >= 11 is 0. The molecule has 0 saturated carbocycles. The van der Waals surface area contributed by atoms with Gasteiger partial charge in [0.1, 0.15) is 5.76 Å². The Morgan fingerprint density at radius 2 is 1.90 bits per heavy atom. The largest absolute Gasteiger partial charge is 0.463 e. The van der Waals surface area contributed by atoms with Crippen molar-refractivity contribution >= 4 is 5.97 Å². The third kappa shape index (κ3) is 5.00. The van der Waals surface area contributed by atoms with Gasteiger partial charge in [-0.15, -0.1) is 0 Å². The number of nitrogens with one attached hydrogen (secondary N) is 1. The number of furan rings is 1. The predicted molar refractivity (Wildman–Crippen MR) is 79.7 cm³/mol. The van der Waals surface area contributed by atoms with Gasteiger partial charge in [-0.25, -0.2) is 4.79 Å². The number of ether oxygens (including phenoxy) is 1. The van der Waals surface area contributed by atoms with Gasteiger partial charge in [0.25, 0.3) is 0 Å². The summed E-state index contributed by atoms with van der Waals surface area (Å²) in [5, 5.41) is 3.55. The minimum atomic E-state index is -0.447. The lowest BCUT2D eigenvalue weighted by Gasteiger charge is -2.35. The molecule has 4 heteroatoms. The van der Waals surface area contributed by atoms with Crippen molar-refractivity contribution in [1.29, 1.82) is 0 Å². The lowest BCUT2D eigenvalue weighted by atomic mass is 9.81. The highest BCUT2D eigenvalue weighted by Gasteiger charge is 2.28. The monoisotopic (exact) mass is 281 g/mol. The first-order valence-corrected chi connectivity index (χ1v) is 7.00. The number of methoxy groups -OCH3 is 1. The second-order valence-corrected chi connectivity index (χ2v) is 7.18. The van der Waals surface area contributed by atoms with Gasteiger partial charge in [-0.1, -0.05) is 20.8 Å². The van der Waals surface area contributed by atoms with Crippen molar-refractivity contribution in [3.8, 4) is 0 Å². The highest BCUT2D eigenvalue weighted by atomic mass is 16.5. The van der Waals surface area contributed by atoms with Crippen molar-refractivity contribution in [2.75, 3.05) is 7.11 Å². The molecule has 0 aliphatic heterocycles. The normalized spacial score (nSPS) is 14.2. The average Bonchev–Trinajstić information content (AvgIpc) is 2.72. The first-order chi connectivity index (χ1) is 9.04. The molecule has 1 heterocycles. The predicted octanol–water partition coefficient (Wildman–Crippen LogP) is 3.93. The molecule has 0 saturated heterocycles. The minimum Gasteiger partial charge on any atom is -0.463 e. The molecule has 1 aromatic heterocycles. The van der Waals surface area contributed by atoms with Crippen LogP contribution in [0.25, 0.3) is 0 Å². The molecule has 1 aromatic rings. The zero-order valence-electron chi connectivity index (χ0n) is 13.7. The van der Waals surface area contributed by atoms with E-state index in [2.05, 4.69) is 44.7 Å². The molecule has 20 heavy (non-hydrogen) atoms. The second-order valence-electron chi connectivity index (χ2n) is 7.18. The Morgan fingerprint density at radius 3 is 2.40 bits per heavy atom. The summed E-state index contributed by atoms with van der Waals surface area (Å²) in [6.07, 6.45) is 1.04. The summed E-state index contributed by atoms with van der Waals surface area (Å²) in [4.78, 5) is 11.4. The Kier molecular flexibility index (Phi) is 5.03. The Morgan fingerprint density at radius 1 is 1.30 bits per heavy atom. The van der Waals surface area contributed by atoms with E-state index in [0.29, 0.717) is 0 Å². The molecule has 0 bridgehead atoms. The number of carbonyl (C=O) groups excluding carboxylic acids is 1. The maximum Gasteiger partial charge on any atom is 0.373 e. The maximum absolute atomic E-state index is 11.4. The van der Waals surface area contributed by atoms with E-state index in [0.717, 1.165) is 12.2 Å². The van der Waals surface area contributed by atoms with Gasteiger partial charge < -0.3 is 14.5 Å². The second kappa shape index (κ2) is 6.00. The minimum absolute atomic E-state index is 0.0180. The molecular formula is C16H27NO3. The molecule has 114 valence electrons. The van der Waals surface area contributed by atoms with Crippen LogP contribution in [0.2, 0.25) is 0 Å². The summed E-state index contributed by atoms with van der Waals surface area (Å²) in [5.41, 5.74) is 0.229. The molecule has 1 atom stereocenters. The topological polar surface area (TPSA) is 51.5 Å². The summed E-state index contributed by atoms with van der Waals surface area (Å²) in [5.74, 6) is 0.537. The van der Waals surface area contributed by atoms with Crippen LogP contribution < -0.4 is 5.32 Å². The van der Waals surface area contributed by atoms with Crippen LogP contribution in [0.4, 0.5) is 0 Å². The van der Waals surface area contributed by atoms with Crippen molar-refractivity contribution < 1.29 is 13.9 Å². The standard InChI is InChI=1S/C16H27NO3/c1-11(17-16(5,6)10-15(2,3)4)12-8-9-13(20-12)14(18)19-7/h8-9,11,17H,10H2,1-7H3. The molecule has 0 radical (unpaired) electrons. The van der Waals surface area contributed by atoms with Gasteiger partial charge in [0, 0.05) is 5.54 Å². The zero-order valence-corrected chi connectivity index (χ0v) is 13.7. The van der Waals surface area contributed by atoms with E-state index in [1.807, 2.05) is 13.0 Å². The van der Waals surface area contributed by atoms with Gasteiger partial charge in [0.15, 0.2) is 0 Å². The van der Waals surface area contributed by atoms with Gasteiger partial charge in [0.05, 0.1) is 13.2 Å². The van der Waals surface area contributed by atoms with Crippen LogP contribution in [0.15, 0.2) is 16.5 Å².